The number of carbonyl (C=O) groups excluding carboxylic acids is 1. The SMILES string of the molecule is C#CCC(CC#C)C(=O)OC(C)(C)C. The van der Waals surface area contributed by atoms with Gasteiger partial charge in [-0.2, -0.15) is 0 Å². The highest BCUT2D eigenvalue weighted by molar-refractivity contribution is 5.73. The second-order valence-electron chi connectivity index (χ2n) is 4.05. The van der Waals surface area contributed by atoms with Gasteiger partial charge in [-0.15, -0.1) is 24.7 Å². The van der Waals surface area contributed by atoms with Crippen LogP contribution >= 0.6 is 0 Å². The third kappa shape index (κ3) is 5.27. The molecule has 0 rings (SSSR count). The second-order valence-corrected chi connectivity index (χ2v) is 4.05. The molecule has 0 N–H and O–H groups in total. The molecule has 0 radical (unpaired) electrons. The molecule has 0 saturated carbocycles. The fraction of sp³-hybridized carbons (Fsp3) is 0.583. The normalized spacial score (nSPS) is 10.4. The number of esters is 1. The zero-order valence-corrected chi connectivity index (χ0v) is 8.96. The van der Waals surface area contributed by atoms with Crippen LogP contribution in [0.2, 0.25) is 0 Å². The zero-order valence-electron chi connectivity index (χ0n) is 8.96. The Morgan fingerprint density at radius 2 is 1.71 bits per heavy atom. The van der Waals surface area contributed by atoms with Gasteiger partial charge in [0, 0.05) is 12.8 Å². The minimum Gasteiger partial charge on any atom is -0.460 e. The van der Waals surface area contributed by atoms with E-state index in [2.05, 4.69) is 11.8 Å². The van der Waals surface area contributed by atoms with Crippen molar-refractivity contribution in [1.29, 1.82) is 0 Å². The minimum absolute atomic E-state index is 0.312. The third-order valence-corrected chi connectivity index (χ3v) is 1.47. The molecular formula is C12H16O2. The standard InChI is InChI=1S/C12H16O2/c1-6-8-10(9-7-2)11(13)14-12(3,4)5/h1-2,10H,8-9H2,3-5H3. The maximum Gasteiger partial charge on any atom is 0.311 e. The molecular weight excluding hydrogens is 176 g/mol. The van der Waals surface area contributed by atoms with Gasteiger partial charge >= 0.3 is 5.97 Å². The van der Waals surface area contributed by atoms with Gasteiger partial charge in [-0.1, -0.05) is 0 Å². The van der Waals surface area contributed by atoms with E-state index >= 15 is 0 Å². The van der Waals surface area contributed by atoms with Crippen molar-refractivity contribution in [2.75, 3.05) is 0 Å². The summed E-state index contributed by atoms with van der Waals surface area (Å²) in [7, 11) is 0. The van der Waals surface area contributed by atoms with E-state index in [0.29, 0.717) is 12.8 Å². The van der Waals surface area contributed by atoms with Crippen LogP contribution in [0.3, 0.4) is 0 Å². The molecule has 2 nitrogen and oxygen atoms in total. The molecule has 0 fully saturated rings. The van der Waals surface area contributed by atoms with Gasteiger partial charge < -0.3 is 4.74 Å². The predicted octanol–water partition coefficient (Wildman–Crippen LogP) is 1.99. The van der Waals surface area contributed by atoms with E-state index in [1.165, 1.54) is 0 Å². The van der Waals surface area contributed by atoms with Gasteiger partial charge in [-0.3, -0.25) is 4.79 Å². The molecule has 0 heterocycles. The Balaban J connectivity index is 4.32. The summed E-state index contributed by atoms with van der Waals surface area (Å²) in [4.78, 5) is 11.5. The number of hydrogen-bond acceptors (Lipinski definition) is 2. The number of hydrogen-bond donors (Lipinski definition) is 0. The monoisotopic (exact) mass is 192 g/mol. The Morgan fingerprint density at radius 3 is 2.00 bits per heavy atom. The molecule has 0 aromatic rings. The molecule has 76 valence electrons. The first-order valence-corrected chi connectivity index (χ1v) is 4.50. The number of terminal acetylenes is 2. The van der Waals surface area contributed by atoms with Crippen LogP contribution < -0.4 is 0 Å². The van der Waals surface area contributed by atoms with E-state index in [1.54, 1.807) is 0 Å². The molecule has 14 heavy (non-hydrogen) atoms. The van der Waals surface area contributed by atoms with Gasteiger partial charge in [0.2, 0.25) is 0 Å². The summed E-state index contributed by atoms with van der Waals surface area (Å²) in [6.07, 6.45) is 10.9. The fourth-order valence-corrected chi connectivity index (χ4v) is 0.908. The maximum absolute atomic E-state index is 11.5. The largest absolute Gasteiger partial charge is 0.460 e. The van der Waals surface area contributed by atoms with Gasteiger partial charge in [0.05, 0.1) is 5.92 Å². The van der Waals surface area contributed by atoms with Crippen LogP contribution in [0.1, 0.15) is 33.6 Å². The lowest BCUT2D eigenvalue weighted by atomic mass is 10.0. The molecule has 0 saturated heterocycles. The molecule has 0 spiro atoms. The molecule has 0 aliphatic heterocycles. The Morgan fingerprint density at radius 1 is 1.29 bits per heavy atom. The lowest BCUT2D eigenvalue weighted by molar-refractivity contribution is -0.159. The average molecular weight is 192 g/mol. The number of ether oxygens (including phenoxy) is 1. The van der Waals surface area contributed by atoms with Crippen molar-refractivity contribution in [3.8, 4) is 24.7 Å². The van der Waals surface area contributed by atoms with E-state index in [0.717, 1.165) is 0 Å². The van der Waals surface area contributed by atoms with Crippen molar-refractivity contribution in [1.82, 2.24) is 0 Å². The van der Waals surface area contributed by atoms with Crippen molar-refractivity contribution in [3.05, 3.63) is 0 Å². The van der Waals surface area contributed by atoms with Crippen LogP contribution in [0.25, 0.3) is 0 Å². The van der Waals surface area contributed by atoms with Gasteiger partial charge in [0.1, 0.15) is 5.60 Å². The summed E-state index contributed by atoms with van der Waals surface area (Å²) in [6.45, 7) is 5.44. The minimum atomic E-state index is -0.488. The van der Waals surface area contributed by atoms with Crippen LogP contribution in [-0.4, -0.2) is 11.6 Å². The van der Waals surface area contributed by atoms with Crippen LogP contribution in [0.4, 0.5) is 0 Å². The Labute approximate surface area is 86.0 Å². The predicted molar refractivity (Wildman–Crippen MR) is 56.2 cm³/mol. The molecule has 0 aromatic carbocycles. The summed E-state index contributed by atoms with van der Waals surface area (Å²) in [5.41, 5.74) is -0.488. The highest BCUT2D eigenvalue weighted by atomic mass is 16.6. The zero-order chi connectivity index (χ0) is 11.2. The molecule has 0 bridgehead atoms. The van der Waals surface area contributed by atoms with Gasteiger partial charge in [-0.25, -0.2) is 0 Å². The van der Waals surface area contributed by atoms with Crippen LogP contribution in [0.5, 0.6) is 0 Å². The summed E-state index contributed by atoms with van der Waals surface area (Å²) in [5.74, 6) is 4.16. The van der Waals surface area contributed by atoms with E-state index in [9.17, 15) is 4.79 Å². The topological polar surface area (TPSA) is 26.3 Å². The summed E-state index contributed by atoms with van der Waals surface area (Å²) in [6, 6.07) is 0. The number of carbonyl (C=O) groups is 1. The molecule has 0 aliphatic rings. The highest BCUT2D eigenvalue weighted by Crippen LogP contribution is 2.15. The Bertz CT molecular complexity index is 254. The average Bonchev–Trinajstić information content (AvgIpc) is 2.01. The first kappa shape index (κ1) is 12.6. The number of rotatable bonds is 3. The van der Waals surface area contributed by atoms with Gasteiger partial charge in [0.25, 0.3) is 0 Å². The summed E-state index contributed by atoms with van der Waals surface area (Å²) < 4.78 is 5.17. The maximum atomic E-state index is 11.5. The molecule has 0 aliphatic carbocycles. The first-order chi connectivity index (χ1) is 6.40. The van der Waals surface area contributed by atoms with Crippen molar-refractivity contribution in [2.45, 2.75) is 39.2 Å². The van der Waals surface area contributed by atoms with Crippen molar-refractivity contribution in [3.63, 3.8) is 0 Å². The third-order valence-electron chi connectivity index (χ3n) is 1.47. The Kier molecular flexibility index (Phi) is 4.81. The van der Waals surface area contributed by atoms with Gasteiger partial charge in [-0.05, 0) is 20.8 Å². The molecule has 2 heteroatoms. The molecule has 0 aromatic heterocycles. The van der Waals surface area contributed by atoms with Crippen LogP contribution in [0.15, 0.2) is 0 Å². The second kappa shape index (κ2) is 5.35. The smallest absolute Gasteiger partial charge is 0.311 e. The highest BCUT2D eigenvalue weighted by Gasteiger charge is 2.23. The molecule has 0 amide bonds. The quantitative estimate of drug-likeness (QED) is 0.505. The van der Waals surface area contributed by atoms with E-state index < -0.39 is 5.60 Å². The lowest BCUT2D eigenvalue weighted by Gasteiger charge is -2.22. The van der Waals surface area contributed by atoms with Crippen LogP contribution in [-0.2, 0) is 9.53 Å². The van der Waals surface area contributed by atoms with E-state index in [1.807, 2.05) is 20.8 Å². The lowest BCUT2D eigenvalue weighted by Crippen LogP contribution is -2.28. The van der Waals surface area contributed by atoms with Crippen molar-refractivity contribution in [2.24, 2.45) is 5.92 Å². The van der Waals surface area contributed by atoms with Crippen LogP contribution in [0, 0.1) is 30.6 Å². The Hall–Kier alpha value is -1.41. The van der Waals surface area contributed by atoms with E-state index in [4.69, 9.17) is 17.6 Å². The van der Waals surface area contributed by atoms with Crippen molar-refractivity contribution < 1.29 is 9.53 Å². The first-order valence-electron chi connectivity index (χ1n) is 4.50. The van der Waals surface area contributed by atoms with E-state index in [-0.39, 0.29) is 11.9 Å². The molecule has 0 unspecified atom stereocenters. The molecule has 0 atom stereocenters. The van der Waals surface area contributed by atoms with Gasteiger partial charge in [0.15, 0.2) is 0 Å². The summed E-state index contributed by atoms with van der Waals surface area (Å²) >= 11 is 0. The fourth-order valence-electron chi connectivity index (χ4n) is 0.908. The van der Waals surface area contributed by atoms with Crippen molar-refractivity contribution >= 4 is 5.97 Å². The summed E-state index contributed by atoms with van der Waals surface area (Å²) in [5, 5.41) is 0.